The number of halogens is 4. The van der Waals surface area contributed by atoms with E-state index >= 15 is 0 Å². The molecule has 10 heteroatoms. The third kappa shape index (κ3) is 4.23. The fourth-order valence-corrected chi connectivity index (χ4v) is 2.99. The highest BCUT2D eigenvalue weighted by atomic mass is 79.9. The van der Waals surface area contributed by atoms with Gasteiger partial charge in [0.2, 0.25) is 5.91 Å². The van der Waals surface area contributed by atoms with Gasteiger partial charge in [-0.25, -0.2) is 0 Å². The smallest absolute Gasteiger partial charge is 0.352 e. The van der Waals surface area contributed by atoms with Crippen molar-refractivity contribution in [3.8, 4) is 0 Å². The van der Waals surface area contributed by atoms with Gasteiger partial charge in [0.05, 0.1) is 22.4 Å². The Bertz CT molecular complexity index is 794. The van der Waals surface area contributed by atoms with Crippen LogP contribution in [-0.4, -0.2) is 25.5 Å². The van der Waals surface area contributed by atoms with Crippen LogP contribution in [0.2, 0.25) is 0 Å². The van der Waals surface area contributed by atoms with Gasteiger partial charge >= 0.3 is 6.18 Å². The second-order valence-electron chi connectivity index (χ2n) is 5.77. The molecule has 2 heterocycles. The molecule has 0 unspecified atom stereocenters. The number of hydrogen-bond acceptors (Lipinski definition) is 3. The molecule has 2 rings (SSSR count). The summed E-state index contributed by atoms with van der Waals surface area (Å²) < 4.78 is 41.3. The fraction of sp³-hybridized carbons (Fsp3) is 0.533. The second kappa shape index (κ2) is 7.19. The Morgan fingerprint density at radius 2 is 1.84 bits per heavy atom. The van der Waals surface area contributed by atoms with Crippen molar-refractivity contribution in [1.29, 1.82) is 0 Å². The van der Waals surface area contributed by atoms with Crippen molar-refractivity contribution < 1.29 is 18.0 Å². The van der Waals surface area contributed by atoms with Crippen molar-refractivity contribution in [3.63, 3.8) is 0 Å². The molecule has 0 saturated carbocycles. The zero-order valence-corrected chi connectivity index (χ0v) is 15.9. The second-order valence-corrected chi connectivity index (χ2v) is 6.56. The van der Waals surface area contributed by atoms with E-state index in [2.05, 4.69) is 31.4 Å². The minimum Gasteiger partial charge on any atom is -0.352 e. The topological polar surface area (TPSA) is 64.7 Å². The van der Waals surface area contributed by atoms with E-state index in [4.69, 9.17) is 0 Å². The van der Waals surface area contributed by atoms with Gasteiger partial charge in [-0.15, -0.1) is 0 Å². The Hall–Kier alpha value is -1.84. The van der Waals surface area contributed by atoms with Crippen molar-refractivity contribution in [2.45, 2.75) is 46.5 Å². The number of carbonyl (C=O) groups excluding carboxylic acids is 1. The minimum atomic E-state index is -4.54. The summed E-state index contributed by atoms with van der Waals surface area (Å²) in [6.07, 6.45) is -4.50. The molecule has 0 saturated heterocycles. The molecule has 0 fully saturated rings. The van der Waals surface area contributed by atoms with Gasteiger partial charge in [0.1, 0.15) is 0 Å². The first-order valence-corrected chi connectivity index (χ1v) is 8.37. The molecule has 0 aliphatic carbocycles. The molecule has 2 aromatic heterocycles. The Morgan fingerprint density at radius 3 is 2.32 bits per heavy atom. The number of hydrogen-bond donors (Lipinski definition) is 1. The molecule has 6 nitrogen and oxygen atoms in total. The maximum absolute atomic E-state index is 12.8. The molecule has 0 aliphatic rings. The predicted molar refractivity (Wildman–Crippen MR) is 88.8 cm³/mol. The van der Waals surface area contributed by atoms with Crippen LogP contribution in [0.25, 0.3) is 0 Å². The van der Waals surface area contributed by atoms with Crippen molar-refractivity contribution in [3.05, 3.63) is 32.8 Å². The Morgan fingerprint density at radius 1 is 1.20 bits per heavy atom. The lowest BCUT2D eigenvalue weighted by Crippen LogP contribution is -2.25. The third-order valence-corrected chi connectivity index (χ3v) is 5.02. The lowest BCUT2D eigenvalue weighted by molar-refractivity contribution is -0.142. The molecule has 25 heavy (non-hydrogen) atoms. The zero-order chi connectivity index (χ0) is 18.9. The largest absolute Gasteiger partial charge is 0.436 e. The van der Waals surface area contributed by atoms with Gasteiger partial charge in [-0.3, -0.25) is 14.2 Å². The number of aromatic nitrogens is 4. The summed E-state index contributed by atoms with van der Waals surface area (Å²) in [6.45, 7) is 5.69. The molecular formula is C15H19BrF3N5O. The van der Waals surface area contributed by atoms with Crippen LogP contribution in [0.5, 0.6) is 0 Å². The molecule has 1 amide bonds. The van der Waals surface area contributed by atoms with Crippen molar-refractivity contribution in [1.82, 2.24) is 24.9 Å². The summed E-state index contributed by atoms with van der Waals surface area (Å²) in [5.74, 6) is -0.262. The summed E-state index contributed by atoms with van der Waals surface area (Å²) in [6, 6.07) is 0. The summed E-state index contributed by atoms with van der Waals surface area (Å²) in [4.78, 5) is 12.0. The van der Waals surface area contributed by atoms with Crippen LogP contribution in [0.1, 0.15) is 34.8 Å². The highest BCUT2D eigenvalue weighted by Crippen LogP contribution is 2.35. The average Bonchev–Trinajstić information content (AvgIpc) is 2.93. The van der Waals surface area contributed by atoms with Crippen LogP contribution in [0.3, 0.4) is 0 Å². The Balaban J connectivity index is 1.97. The lowest BCUT2D eigenvalue weighted by Gasteiger charge is -2.07. The number of nitrogens with one attached hydrogen (secondary N) is 1. The number of rotatable bonds is 5. The van der Waals surface area contributed by atoms with Gasteiger partial charge in [0.25, 0.3) is 0 Å². The van der Waals surface area contributed by atoms with Crippen molar-refractivity contribution in [2.24, 2.45) is 7.05 Å². The standard InChI is InChI=1S/C15H19BrF3N5O/c1-8-11(9(2)23(4)21-8)7-20-12(25)5-6-24-10(3)13(16)14(22-24)15(17,18)19/h5-7H2,1-4H3,(H,20,25). The van der Waals surface area contributed by atoms with E-state index in [-0.39, 0.29) is 23.3 Å². The Kier molecular flexibility index (Phi) is 5.60. The molecular weight excluding hydrogens is 403 g/mol. The van der Waals surface area contributed by atoms with Gasteiger partial charge in [0.15, 0.2) is 5.69 Å². The number of aryl methyl sites for hydroxylation is 3. The molecule has 0 bridgehead atoms. The first-order valence-electron chi connectivity index (χ1n) is 7.58. The molecule has 2 aromatic rings. The highest BCUT2D eigenvalue weighted by molar-refractivity contribution is 9.10. The first-order chi connectivity index (χ1) is 11.5. The summed E-state index contributed by atoms with van der Waals surface area (Å²) in [7, 11) is 1.82. The van der Waals surface area contributed by atoms with E-state index in [1.807, 2.05) is 20.9 Å². The van der Waals surface area contributed by atoms with Gasteiger partial charge in [-0.2, -0.15) is 23.4 Å². The van der Waals surface area contributed by atoms with E-state index in [0.717, 1.165) is 17.0 Å². The Labute approximate surface area is 151 Å². The van der Waals surface area contributed by atoms with Crippen LogP contribution >= 0.6 is 15.9 Å². The summed E-state index contributed by atoms with van der Waals surface area (Å²) in [5, 5.41) is 10.6. The van der Waals surface area contributed by atoms with E-state index in [9.17, 15) is 18.0 Å². The summed E-state index contributed by atoms with van der Waals surface area (Å²) in [5.41, 5.74) is 2.08. The first kappa shape index (κ1) is 19.5. The van der Waals surface area contributed by atoms with E-state index in [1.165, 1.54) is 11.6 Å². The monoisotopic (exact) mass is 421 g/mol. The molecule has 138 valence electrons. The number of nitrogens with zero attached hydrogens (tertiary/aromatic N) is 4. The normalized spacial score (nSPS) is 11.8. The molecule has 0 atom stereocenters. The van der Waals surface area contributed by atoms with Crippen molar-refractivity contribution in [2.75, 3.05) is 0 Å². The quantitative estimate of drug-likeness (QED) is 0.806. The molecule has 0 spiro atoms. The molecule has 1 N–H and O–H groups in total. The van der Waals surface area contributed by atoms with Gasteiger partial charge in [-0.05, 0) is 36.7 Å². The van der Waals surface area contributed by atoms with Crippen LogP contribution in [0.15, 0.2) is 4.47 Å². The fourth-order valence-electron chi connectivity index (χ4n) is 2.48. The minimum absolute atomic E-state index is 0.0324. The zero-order valence-electron chi connectivity index (χ0n) is 14.3. The number of carbonyl (C=O) groups is 1. The van der Waals surface area contributed by atoms with Crippen LogP contribution in [-0.2, 0) is 31.1 Å². The highest BCUT2D eigenvalue weighted by Gasteiger charge is 2.37. The molecule has 0 radical (unpaired) electrons. The van der Waals surface area contributed by atoms with Gasteiger partial charge in [-0.1, -0.05) is 0 Å². The SMILES string of the molecule is Cc1nn(C)c(C)c1CNC(=O)CCn1nc(C(F)(F)F)c(Br)c1C. The van der Waals surface area contributed by atoms with Crippen LogP contribution in [0.4, 0.5) is 13.2 Å². The van der Waals surface area contributed by atoms with Gasteiger partial charge < -0.3 is 5.32 Å². The molecule has 0 aliphatic heterocycles. The van der Waals surface area contributed by atoms with Gasteiger partial charge in [0, 0.05) is 31.3 Å². The lowest BCUT2D eigenvalue weighted by atomic mass is 10.2. The van der Waals surface area contributed by atoms with Crippen LogP contribution < -0.4 is 5.32 Å². The number of amides is 1. The third-order valence-electron chi connectivity index (χ3n) is 4.07. The maximum Gasteiger partial charge on any atom is 0.436 e. The average molecular weight is 422 g/mol. The summed E-state index contributed by atoms with van der Waals surface area (Å²) >= 11 is 2.91. The molecule has 0 aromatic carbocycles. The predicted octanol–water partition coefficient (Wildman–Crippen LogP) is 3.03. The van der Waals surface area contributed by atoms with Crippen molar-refractivity contribution >= 4 is 21.8 Å². The van der Waals surface area contributed by atoms with E-state index in [0.29, 0.717) is 12.2 Å². The van der Waals surface area contributed by atoms with Crippen LogP contribution in [0, 0.1) is 20.8 Å². The van der Waals surface area contributed by atoms with E-state index in [1.54, 1.807) is 4.68 Å². The number of alkyl halides is 3. The van der Waals surface area contributed by atoms with E-state index < -0.39 is 11.9 Å². The maximum atomic E-state index is 12.8.